The van der Waals surface area contributed by atoms with Crippen LogP contribution in [-0.4, -0.2) is 15.2 Å². The van der Waals surface area contributed by atoms with Gasteiger partial charge in [-0.1, -0.05) is 41.6 Å². The first-order chi connectivity index (χ1) is 8.16. The molecule has 17 heavy (non-hydrogen) atoms. The smallest absolute Gasteiger partial charge is 0.257 e. The Labute approximate surface area is 106 Å². The van der Waals surface area contributed by atoms with E-state index in [1.165, 1.54) is 11.8 Å². The van der Waals surface area contributed by atoms with Gasteiger partial charge in [0, 0.05) is 10.8 Å². The monoisotopic (exact) mass is 275 g/mol. The molecule has 1 aromatic heterocycles. The molecule has 1 aromatic carbocycles. The molecule has 0 saturated carbocycles. The Morgan fingerprint density at radius 2 is 2.12 bits per heavy atom. The highest BCUT2D eigenvalue weighted by Gasteiger charge is 2.13. The van der Waals surface area contributed by atoms with E-state index >= 15 is 0 Å². The molecule has 1 N–H and O–H groups in total. The van der Waals surface area contributed by atoms with Crippen LogP contribution in [0.15, 0.2) is 29.4 Å². The van der Waals surface area contributed by atoms with Gasteiger partial charge in [0.05, 0.1) is 0 Å². The van der Waals surface area contributed by atoms with Gasteiger partial charge in [0.2, 0.25) is 5.16 Å². The fraction of sp³-hybridized carbons (Fsp3) is 0.200. The van der Waals surface area contributed by atoms with Gasteiger partial charge in [0.1, 0.15) is 0 Å². The first kappa shape index (κ1) is 12.3. The Bertz CT molecular complexity index is 504. The van der Waals surface area contributed by atoms with Crippen LogP contribution in [0.3, 0.4) is 0 Å². The molecule has 1 heterocycles. The number of nitrogens with one attached hydrogen (secondary N) is 1. The van der Waals surface area contributed by atoms with Gasteiger partial charge >= 0.3 is 0 Å². The van der Waals surface area contributed by atoms with Crippen LogP contribution < -0.4 is 0 Å². The number of rotatable bonds is 4. The van der Waals surface area contributed by atoms with E-state index in [1.54, 1.807) is 6.07 Å². The molecule has 7 heteroatoms. The van der Waals surface area contributed by atoms with Crippen molar-refractivity contribution >= 4 is 23.4 Å². The maximum absolute atomic E-state index is 12.2. The van der Waals surface area contributed by atoms with Crippen LogP contribution in [0.25, 0.3) is 0 Å². The van der Waals surface area contributed by atoms with Crippen LogP contribution in [-0.2, 0) is 5.75 Å². The summed E-state index contributed by atoms with van der Waals surface area (Å²) in [5, 5.41) is 6.81. The van der Waals surface area contributed by atoms with Gasteiger partial charge in [-0.2, -0.15) is 0 Å². The largest absolute Gasteiger partial charge is 0.296 e. The summed E-state index contributed by atoms with van der Waals surface area (Å²) >= 11 is 7.22. The van der Waals surface area contributed by atoms with E-state index in [1.807, 2.05) is 18.2 Å². The van der Waals surface area contributed by atoms with Crippen molar-refractivity contribution in [3.63, 3.8) is 0 Å². The summed E-state index contributed by atoms with van der Waals surface area (Å²) in [6, 6.07) is 7.35. The Kier molecular flexibility index (Phi) is 3.96. The first-order valence-electron chi connectivity index (χ1n) is 4.73. The van der Waals surface area contributed by atoms with Crippen LogP contribution >= 0.6 is 23.4 Å². The number of aromatic nitrogens is 3. The van der Waals surface area contributed by atoms with Crippen molar-refractivity contribution in [3.05, 3.63) is 40.7 Å². The Balaban J connectivity index is 2.00. The Morgan fingerprint density at radius 3 is 2.76 bits per heavy atom. The molecule has 0 bridgehead atoms. The van der Waals surface area contributed by atoms with Crippen molar-refractivity contribution in [1.29, 1.82) is 0 Å². The number of benzene rings is 1. The second-order valence-corrected chi connectivity index (χ2v) is 4.53. The minimum absolute atomic E-state index is 0.292. The quantitative estimate of drug-likeness (QED) is 0.865. The lowest BCUT2D eigenvalue weighted by atomic mass is 10.2. The van der Waals surface area contributed by atoms with Crippen LogP contribution in [0, 0.1) is 0 Å². The molecule has 0 saturated heterocycles. The molecule has 2 aromatic rings. The van der Waals surface area contributed by atoms with E-state index in [0.29, 0.717) is 15.9 Å². The molecule has 0 aliphatic rings. The predicted octanol–water partition coefficient (Wildman–Crippen LogP) is 3.69. The van der Waals surface area contributed by atoms with Crippen molar-refractivity contribution in [2.24, 2.45) is 0 Å². The summed E-state index contributed by atoms with van der Waals surface area (Å²) in [5.41, 5.74) is 0.919. The summed E-state index contributed by atoms with van der Waals surface area (Å²) in [6.45, 7) is 0. The summed E-state index contributed by atoms with van der Waals surface area (Å²) in [6.07, 6.45) is -2.63. The van der Waals surface area contributed by atoms with Crippen molar-refractivity contribution in [2.45, 2.75) is 17.3 Å². The molecular weight excluding hydrogens is 268 g/mol. The third-order valence-electron chi connectivity index (χ3n) is 2.00. The SMILES string of the molecule is FC(F)c1nc(SCc2ccccc2Cl)n[nH]1. The van der Waals surface area contributed by atoms with E-state index in [2.05, 4.69) is 15.2 Å². The zero-order valence-electron chi connectivity index (χ0n) is 8.53. The molecule has 0 aliphatic carbocycles. The Morgan fingerprint density at radius 1 is 1.35 bits per heavy atom. The lowest BCUT2D eigenvalue weighted by Gasteiger charge is -2.00. The van der Waals surface area contributed by atoms with Crippen LogP contribution in [0.5, 0.6) is 0 Å². The first-order valence-corrected chi connectivity index (χ1v) is 6.10. The zero-order chi connectivity index (χ0) is 12.3. The summed E-state index contributed by atoms with van der Waals surface area (Å²) in [4.78, 5) is 3.66. The molecule has 0 amide bonds. The minimum atomic E-state index is -2.63. The molecule has 0 spiro atoms. The van der Waals surface area contributed by atoms with Crippen LogP contribution in [0.2, 0.25) is 5.02 Å². The number of H-pyrrole nitrogens is 1. The number of hydrogen-bond acceptors (Lipinski definition) is 3. The van der Waals surface area contributed by atoms with Gasteiger partial charge in [-0.15, -0.1) is 5.10 Å². The van der Waals surface area contributed by atoms with E-state index in [9.17, 15) is 8.78 Å². The van der Waals surface area contributed by atoms with Gasteiger partial charge in [0.15, 0.2) is 5.82 Å². The van der Waals surface area contributed by atoms with Crippen molar-refractivity contribution in [1.82, 2.24) is 15.2 Å². The van der Waals surface area contributed by atoms with Crippen molar-refractivity contribution < 1.29 is 8.78 Å². The molecule has 0 aliphatic heterocycles. The van der Waals surface area contributed by atoms with E-state index in [4.69, 9.17) is 11.6 Å². The van der Waals surface area contributed by atoms with Gasteiger partial charge in [-0.25, -0.2) is 13.8 Å². The lowest BCUT2D eigenvalue weighted by Crippen LogP contribution is -1.86. The predicted molar refractivity (Wildman–Crippen MR) is 62.4 cm³/mol. The fourth-order valence-corrected chi connectivity index (χ4v) is 2.27. The van der Waals surface area contributed by atoms with Gasteiger partial charge in [-0.05, 0) is 11.6 Å². The van der Waals surface area contributed by atoms with E-state index < -0.39 is 12.2 Å². The second-order valence-electron chi connectivity index (χ2n) is 3.18. The molecule has 0 radical (unpaired) electrons. The summed E-state index contributed by atoms with van der Waals surface area (Å²) in [5.74, 6) is 0.131. The molecule has 0 unspecified atom stereocenters. The number of hydrogen-bond donors (Lipinski definition) is 1. The number of aromatic amines is 1. The highest BCUT2D eigenvalue weighted by atomic mass is 35.5. The van der Waals surface area contributed by atoms with Crippen molar-refractivity contribution in [3.8, 4) is 0 Å². The Hall–Kier alpha value is -1.14. The van der Waals surface area contributed by atoms with E-state index in [0.717, 1.165) is 5.56 Å². The third kappa shape index (κ3) is 3.17. The second kappa shape index (κ2) is 5.46. The minimum Gasteiger partial charge on any atom is -0.257 e. The lowest BCUT2D eigenvalue weighted by molar-refractivity contribution is 0.140. The molecule has 2 rings (SSSR count). The van der Waals surface area contributed by atoms with Gasteiger partial charge < -0.3 is 0 Å². The maximum Gasteiger partial charge on any atom is 0.296 e. The normalized spacial score (nSPS) is 11.1. The number of thioether (sulfide) groups is 1. The fourth-order valence-electron chi connectivity index (χ4n) is 1.18. The van der Waals surface area contributed by atoms with E-state index in [-0.39, 0.29) is 0 Å². The number of alkyl halides is 2. The molecule has 90 valence electrons. The highest BCUT2D eigenvalue weighted by molar-refractivity contribution is 7.98. The molecule has 0 atom stereocenters. The number of halogens is 3. The number of nitrogens with zero attached hydrogens (tertiary/aromatic N) is 2. The van der Waals surface area contributed by atoms with Crippen molar-refractivity contribution in [2.75, 3.05) is 0 Å². The summed E-state index contributed by atoms with van der Waals surface area (Å²) < 4.78 is 24.5. The molecule has 0 fully saturated rings. The molecule has 3 nitrogen and oxygen atoms in total. The standard InChI is InChI=1S/C10H8ClF2N3S/c11-7-4-2-1-3-6(7)5-17-10-14-9(8(12)13)15-16-10/h1-4,8H,5H2,(H,14,15,16). The van der Waals surface area contributed by atoms with Crippen LogP contribution in [0.4, 0.5) is 8.78 Å². The third-order valence-corrected chi connectivity index (χ3v) is 3.27. The zero-order valence-corrected chi connectivity index (χ0v) is 10.1. The summed E-state index contributed by atoms with van der Waals surface area (Å²) in [7, 11) is 0. The molecular formula is C10H8ClF2N3S. The van der Waals surface area contributed by atoms with Gasteiger partial charge in [0.25, 0.3) is 6.43 Å². The average Bonchev–Trinajstić information content (AvgIpc) is 2.77. The van der Waals surface area contributed by atoms with Gasteiger partial charge in [-0.3, -0.25) is 5.10 Å². The topological polar surface area (TPSA) is 41.6 Å². The van der Waals surface area contributed by atoms with Crippen LogP contribution in [0.1, 0.15) is 17.8 Å². The highest BCUT2D eigenvalue weighted by Crippen LogP contribution is 2.25. The average molecular weight is 276 g/mol. The maximum atomic E-state index is 12.2.